The Morgan fingerprint density at radius 1 is 0.891 bits per heavy atom. The highest BCUT2D eigenvalue weighted by Gasteiger charge is 2.71. The Bertz CT molecular complexity index is 1270. The van der Waals surface area contributed by atoms with E-state index < -0.39 is 98.4 Å². The molecule has 1 aliphatic carbocycles. The van der Waals surface area contributed by atoms with E-state index in [0.29, 0.717) is 6.42 Å². The maximum absolute atomic E-state index is 12.9. The fraction of sp³-hybridized carbons (Fsp3) is 0.690. The summed E-state index contributed by atoms with van der Waals surface area (Å²) < 4.78 is 44.5. The average Bonchev–Trinajstić information content (AvgIpc) is 3.68. The topological polar surface area (TPSA) is 256 Å². The van der Waals surface area contributed by atoms with Crippen LogP contribution >= 0.6 is 0 Å². The normalized spacial score (nSPS) is 44.5. The van der Waals surface area contributed by atoms with Crippen LogP contribution in [0.2, 0.25) is 0 Å². The Morgan fingerprint density at radius 3 is 2.28 bits per heavy atom. The minimum absolute atomic E-state index is 0.00153. The monoisotopic (exact) mass is 658 g/mol. The van der Waals surface area contributed by atoms with Crippen molar-refractivity contribution in [2.45, 2.75) is 85.8 Å². The van der Waals surface area contributed by atoms with Gasteiger partial charge in [0.05, 0.1) is 44.2 Å². The number of esters is 1. The molecule has 46 heavy (non-hydrogen) atoms. The summed E-state index contributed by atoms with van der Waals surface area (Å²) in [5.74, 6) is -1.32. The molecule has 17 nitrogen and oxygen atoms in total. The number of benzene rings is 1. The van der Waals surface area contributed by atoms with Crippen molar-refractivity contribution in [2.75, 3.05) is 26.9 Å². The van der Waals surface area contributed by atoms with E-state index in [0.717, 1.165) is 0 Å². The Hall–Kier alpha value is -2.65. The maximum Gasteiger partial charge on any atom is 0.338 e. The number of rotatable bonds is 10. The van der Waals surface area contributed by atoms with Gasteiger partial charge in [-0.2, -0.15) is 0 Å². The van der Waals surface area contributed by atoms with E-state index >= 15 is 0 Å². The Kier molecular flexibility index (Phi) is 9.47. The molecule has 4 fully saturated rings. The molecule has 1 saturated carbocycles. The van der Waals surface area contributed by atoms with E-state index in [1.165, 1.54) is 31.6 Å². The van der Waals surface area contributed by atoms with Gasteiger partial charge >= 0.3 is 5.97 Å². The standard InChI is InChI=1S/C29H38O17/c1-39-14-6-12(2-3-13(14)42-27-23(36)21(34)19(32)15(8-30)43-27)25(38)41-9-16-20(33)22(35)24(37)28(44-16)45-26-18-11(4-5-40-26)7-17-29(18,10-31)46-17/h2-6,11,15-24,26-28,30-37H,7-10H2,1H3/t11-,15+,16+,17-,18+,19+,20+,21-,22-,23+,24+,26-,27+,28-,29-/m0/s1. The summed E-state index contributed by atoms with van der Waals surface area (Å²) in [6.07, 6.45) is -12.7. The molecule has 0 aromatic heterocycles. The van der Waals surface area contributed by atoms with Gasteiger partial charge in [0.15, 0.2) is 17.8 Å². The van der Waals surface area contributed by atoms with Crippen molar-refractivity contribution in [3.8, 4) is 11.5 Å². The second-order valence-corrected chi connectivity index (χ2v) is 11.9. The van der Waals surface area contributed by atoms with E-state index in [-0.39, 0.29) is 35.7 Å². The Morgan fingerprint density at radius 2 is 1.59 bits per heavy atom. The van der Waals surface area contributed by atoms with Gasteiger partial charge in [0, 0.05) is 0 Å². The lowest BCUT2D eigenvalue weighted by molar-refractivity contribution is -0.343. The third-order valence-electron chi connectivity index (χ3n) is 9.25. The van der Waals surface area contributed by atoms with Gasteiger partial charge in [0.1, 0.15) is 61.0 Å². The fourth-order valence-electron chi connectivity index (χ4n) is 6.55. The molecule has 1 aromatic rings. The van der Waals surface area contributed by atoms with Crippen molar-refractivity contribution in [1.29, 1.82) is 0 Å². The molecule has 3 saturated heterocycles. The largest absolute Gasteiger partial charge is 0.493 e. The van der Waals surface area contributed by atoms with Crippen LogP contribution in [0.15, 0.2) is 30.5 Å². The number of aliphatic hydroxyl groups is 8. The highest BCUT2D eigenvalue weighted by Crippen LogP contribution is 2.59. The molecule has 6 rings (SSSR count). The summed E-state index contributed by atoms with van der Waals surface area (Å²) in [4.78, 5) is 12.9. The average molecular weight is 659 g/mol. The molecular formula is C29H38O17. The molecule has 0 bridgehead atoms. The number of hydrogen-bond acceptors (Lipinski definition) is 17. The lowest BCUT2D eigenvalue weighted by Crippen LogP contribution is -2.60. The Balaban J connectivity index is 1.08. The lowest BCUT2D eigenvalue weighted by atomic mass is 9.86. The number of allylic oxidation sites excluding steroid dienone is 1. The van der Waals surface area contributed by atoms with Crippen LogP contribution < -0.4 is 9.47 Å². The SMILES string of the molecule is COc1cc(C(=O)OC[C@H]2O[C@@H](O[C@@H]3OC=C[C@H]4C[C@@H]5O[C@]5(CO)[C@@H]34)[C@H](O)[C@@H](O)[C@@H]2O)ccc1O[C@@H]1O[C@H](CO)[C@@H](O)[C@H](O)[C@H]1O. The zero-order valence-electron chi connectivity index (χ0n) is 24.6. The molecule has 0 amide bonds. The summed E-state index contributed by atoms with van der Waals surface area (Å²) >= 11 is 0. The lowest BCUT2D eigenvalue weighted by Gasteiger charge is -2.43. The zero-order chi connectivity index (χ0) is 32.9. The molecule has 5 aliphatic rings. The van der Waals surface area contributed by atoms with Gasteiger partial charge in [-0.1, -0.05) is 0 Å². The van der Waals surface area contributed by atoms with Crippen molar-refractivity contribution in [2.24, 2.45) is 11.8 Å². The third kappa shape index (κ3) is 5.84. The quantitative estimate of drug-likeness (QED) is 0.0896. The van der Waals surface area contributed by atoms with Crippen LogP contribution in [-0.2, 0) is 28.4 Å². The minimum atomic E-state index is -1.73. The van der Waals surface area contributed by atoms with E-state index in [9.17, 15) is 45.6 Å². The molecule has 15 atom stereocenters. The number of carbonyl (C=O) groups is 1. The van der Waals surface area contributed by atoms with Crippen LogP contribution in [0.3, 0.4) is 0 Å². The molecule has 0 unspecified atom stereocenters. The van der Waals surface area contributed by atoms with Gasteiger partial charge in [0.2, 0.25) is 12.6 Å². The van der Waals surface area contributed by atoms with Gasteiger partial charge in [-0.25, -0.2) is 4.79 Å². The first-order chi connectivity index (χ1) is 22.0. The summed E-state index contributed by atoms with van der Waals surface area (Å²) in [6.45, 7) is -1.46. The minimum Gasteiger partial charge on any atom is -0.493 e. The molecule has 1 aromatic carbocycles. The van der Waals surface area contributed by atoms with Crippen LogP contribution in [0.4, 0.5) is 0 Å². The second-order valence-electron chi connectivity index (χ2n) is 11.9. The fourth-order valence-corrected chi connectivity index (χ4v) is 6.55. The van der Waals surface area contributed by atoms with Gasteiger partial charge < -0.3 is 78.7 Å². The molecule has 4 heterocycles. The number of fused-ring (bicyclic) bond motifs is 3. The van der Waals surface area contributed by atoms with Crippen LogP contribution in [0.25, 0.3) is 0 Å². The van der Waals surface area contributed by atoms with Crippen molar-refractivity contribution >= 4 is 5.97 Å². The number of methoxy groups -OCH3 is 1. The summed E-state index contributed by atoms with van der Waals surface area (Å²) in [5, 5.41) is 81.3. The predicted octanol–water partition coefficient (Wildman–Crippen LogP) is -3.51. The van der Waals surface area contributed by atoms with Crippen molar-refractivity contribution in [3.63, 3.8) is 0 Å². The molecular weight excluding hydrogens is 620 g/mol. The molecule has 4 aliphatic heterocycles. The number of hydrogen-bond donors (Lipinski definition) is 8. The summed E-state index contributed by atoms with van der Waals surface area (Å²) in [7, 11) is 1.28. The first kappa shape index (κ1) is 33.3. The maximum atomic E-state index is 12.9. The van der Waals surface area contributed by atoms with Crippen molar-refractivity contribution in [3.05, 3.63) is 36.1 Å². The van der Waals surface area contributed by atoms with Crippen LogP contribution in [-0.4, -0.2) is 153 Å². The van der Waals surface area contributed by atoms with Crippen LogP contribution in [0, 0.1) is 11.8 Å². The smallest absolute Gasteiger partial charge is 0.338 e. The first-order valence-electron chi connectivity index (χ1n) is 14.8. The molecule has 256 valence electrons. The zero-order valence-corrected chi connectivity index (χ0v) is 24.6. The number of ether oxygens (including phenoxy) is 8. The Labute approximate surface area is 262 Å². The number of aliphatic hydroxyl groups excluding tert-OH is 8. The second kappa shape index (κ2) is 13.1. The van der Waals surface area contributed by atoms with Crippen LogP contribution in [0.1, 0.15) is 16.8 Å². The van der Waals surface area contributed by atoms with E-state index in [2.05, 4.69) is 0 Å². The number of epoxide rings is 1. The molecule has 0 spiro atoms. The first-order valence-corrected chi connectivity index (χ1v) is 14.8. The molecule has 17 heteroatoms. The molecule has 0 radical (unpaired) electrons. The van der Waals surface area contributed by atoms with E-state index in [1.54, 1.807) is 0 Å². The van der Waals surface area contributed by atoms with Crippen LogP contribution in [0.5, 0.6) is 11.5 Å². The van der Waals surface area contributed by atoms with Gasteiger partial charge in [-0.3, -0.25) is 0 Å². The predicted molar refractivity (Wildman–Crippen MR) is 146 cm³/mol. The van der Waals surface area contributed by atoms with Gasteiger partial charge in [-0.05, 0) is 36.6 Å². The van der Waals surface area contributed by atoms with E-state index in [4.69, 9.17) is 37.9 Å². The third-order valence-corrected chi connectivity index (χ3v) is 9.25. The number of carbonyl (C=O) groups excluding carboxylic acids is 1. The molecule has 8 N–H and O–H groups in total. The summed E-state index contributed by atoms with van der Waals surface area (Å²) in [6, 6.07) is 3.85. The van der Waals surface area contributed by atoms with Crippen molar-refractivity contribution < 1.29 is 83.5 Å². The van der Waals surface area contributed by atoms with Gasteiger partial charge in [-0.15, -0.1) is 0 Å². The van der Waals surface area contributed by atoms with Crippen molar-refractivity contribution in [1.82, 2.24) is 0 Å². The van der Waals surface area contributed by atoms with Gasteiger partial charge in [0.25, 0.3) is 0 Å². The highest BCUT2D eigenvalue weighted by atomic mass is 16.8. The summed E-state index contributed by atoms with van der Waals surface area (Å²) in [5.41, 5.74) is -0.872. The highest BCUT2D eigenvalue weighted by molar-refractivity contribution is 5.90. The van der Waals surface area contributed by atoms with E-state index in [1.807, 2.05) is 6.08 Å².